The monoisotopic (exact) mass is 224 g/mol. The molecule has 1 atom stereocenters. The van der Waals surface area contributed by atoms with Crippen molar-refractivity contribution in [1.82, 2.24) is 15.2 Å². The van der Waals surface area contributed by atoms with E-state index in [2.05, 4.69) is 30.6 Å². The lowest BCUT2D eigenvalue weighted by Gasteiger charge is -2.20. The molecule has 0 aromatic carbocycles. The fraction of sp³-hybridized carbons (Fsp3) is 0.750. The normalized spacial score (nSPS) is 13.4. The van der Waals surface area contributed by atoms with Crippen LogP contribution in [0.2, 0.25) is 0 Å². The molecular formula is C12H24N4. The lowest BCUT2D eigenvalue weighted by atomic mass is 9.92. The first-order chi connectivity index (χ1) is 7.62. The Morgan fingerprint density at radius 2 is 2.06 bits per heavy atom. The van der Waals surface area contributed by atoms with Gasteiger partial charge in [-0.25, -0.2) is 0 Å². The van der Waals surface area contributed by atoms with E-state index in [0.717, 1.165) is 18.0 Å². The van der Waals surface area contributed by atoms with Gasteiger partial charge in [-0.05, 0) is 19.3 Å². The highest BCUT2D eigenvalue weighted by atomic mass is 15.3. The zero-order chi connectivity index (χ0) is 12.1. The fourth-order valence-corrected chi connectivity index (χ4v) is 2.20. The number of hydrazine groups is 1. The number of nitrogens with one attached hydrogen (secondary N) is 1. The van der Waals surface area contributed by atoms with Gasteiger partial charge in [-0.15, -0.1) is 0 Å². The second kappa shape index (κ2) is 6.01. The minimum absolute atomic E-state index is 0.221. The van der Waals surface area contributed by atoms with Crippen LogP contribution in [-0.2, 0) is 7.05 Å². The summed E-state index contributed by atoms with van der Waals surface area (Å²) in [4.78, 5) is 0. The van der Waals surface area contributed by atoms with E-state index >= 15 is 0 Å². The number of rotatable bonds is 6. The lowest BCUT2D eigenvalue weighted by molar-refractivity contribution is 0.374. The predicted octanol–water partition coefficient (Wildman–Crippen LogP) is 2.06. The van der Waals surface area contributed by atoms with Gasteiger partial charge in [0.15, 0.2) is 0 Å². The van der Waals surface area contributed by atoms with Crippen LogP contribution in [0.4, 0.5) is 0 Å². The van der Waals surface area contributed by atoms with Crippen molar-refractivity contribution in [3.05, 3.63) is 17.5 Å². The van der Waals surface area contributed by atoms with Gasteiger partial charge >= 0.3 is 0 Å². The van der Waals surface area contributed by atoms with Crippen molar-refractivity contribution in [3.63, 3.8) is 0 Å². The van der Waals surface area contributed by atoms with Gasteiger partial charge < -0.3 is 0 Å². The lowest BCUT2D eigenvalue weighted by Crippen LogP contribution is -2.29. The highest BCUT2D eigenvalue weighted by Gasteiger charge is 2.18. The first-order valence-electron chi connectivity index (χ1n) is 6.08. The van der Waals surface area contributed by atoms with Crippen LogP contribution in [-0.4, -0.2) is 9.78 Å². The molecule has 1 aromatic rings. The Bertz CT molecular complexity index is 315. The topological polar surface area (TPSA) is 55.9 Å². The molecule has 1 rings (SSSR count). The molecule has 0 aliphatic rings. The fourth-order valence-electron chi connectivity index (χ4n) is 2.20. The summed E-state index contributed by atoms with van der Waals surface area (Å²) < 4.78 is 1.85. The van der Waals surface area contributed by atoms with Crippen molar-refractivity contribution < 1.29 is 0 Å². The van der Waals surface area contributed by atoms with E-state index in [-0.39, 0.29) is 6.04 Å². The standard InChI is InChI=1S/C12H24N4/c1-5-10(6-2)7-12(14-13)11-8-16(4)15-9(11)3/h8,10,12,14H,5-7,13H2,1-4H3. The van der Waals surface area contributed by atoms with Crippen molar-refractivity contribution in [2.75, 3.05) is 0 Å². The van der Waals surface area contributed by atoms with Crippen molar-refractivity contribution >= 4 is 0 Å². The zero-order valence-corrected chi connectivity index (χ0v) is 10.8. The maximum Gasteiger partial charge on any atom is 0.0641 e. The number of aryl methyl sites for hydroxylation is 2. The second-order valence-corrected chi connectivity index (χ2v) is 4.48. The van der Waals surface area contributed by atoms with E-state index in [9.17, 15) is 0 Å². The molecule has 0 bridgehead atoms. The number of hydrogen-bond acceptors (Lipinski definition) is 3. The molecule has 0 fully saturated rings. The third-order valence-corrected chi connectivity index (χ3v) is 3.35. The van der Waals surface area contributed by atoms with Gasteiger partial charge in [0.05, 0.1) is 5.69 Å². The third kappa shape index (κ3) is 3.06. The molecule has 0 amide bonds. The Hall–Kier alpha value is -0.870. The summed E-state index contributed by atoms with van der Waals surface area (Å²) in [6.45, 7) is 6.50. The Morgan fingerprint density at radius 1 is 1.44 bits per heavy atom. The summed E-state index contributed by atoms with van der Waals surface area (Å²) >= 11 is 0. The summed E-state index contributed by atoms with van der Waals surface area (Å²) in [5, 5.41) is 4.36. The molecule has 0 saturated carbocycles. The Morgan fingerprint density at radius 3 is 2.44 bits per heavy atom. The molecule has 0 spiro atoms. The maximum absolute atomic E-state index is 5.65. The molecule has 0 saturated heterocycles. The molecule has 4 nitrogen and oxygen atoms in total. The highest BCUT2D eigenvalue weighted by Crippen LogP contribution is 2.26. The largest absolute Gasteiger partial charge is 0.275 e. The summed E-state index contributed by atoms with van der Waals surface area (Å²) in [6, 6.07) is 0.221. The van der Waals surface area contributed by atoms with Crippen LogP contribution in [0.15, 0.2) is 6.20 Å². The average molecular weight is 224 g/mol. The quantitative estimate of drug-likeness (QED) is 0.574. The van der Waals surface area contributed by atoms with Gasteiger partial charge in [-0.3, -0.25) is 16.0 Å². The van der Waals surface area contributed by atoms with Gasteiger partial charge in [0, 0.05) is 24.8 Å². The number of aromatic nitrogens is 2. The zero-order valence-electron chi connectivity index (χ0n) is 10.8. The molecule has 0 aliphatic heterocycles. The van der Waals surface area contributed by atoms with Crippen LogP contribution in [0, 0.1) is 12.8 Å². The molecule has 1 heterocycles. The van der Waals surface area contributed by atoms with Gasteiger partial charge in [0.25, 0.3) is 0 Å². The number of hydrogen-bond donors (Lipinski definition) is 2. The Labute approximate surface area is 98.2 Å². The van der Waals surface area contributed by atoms with Crippen molar-refractivity contribution in [1.29, 1.82) is 0 Å². The van der Waals surface area contributed by atoms with Gasteiger partial charge in [0.2, 0.25) is 0 Å². The highest BCUT2D eigenvalue weighted by molar-refractivity contribution is 5.19. The van der Waals surface area contributed by atoms with Crippen LogP contribution in [0.1, 0.15) is 50.4 Å². The minimum atomic E-state index is 0.221. The van der Waals surface area contributed by atoms with Gasteiger partial charge in [-0.2, -0.15) is 5.10 Å². The summed E-state index contributed by atoms with van der Waals surface area (Å²) in [7, 11) is 1.95. The van der Waals surface area contributed by atoms with E-state index in [0.29, 0.717) is 0 Å². The van der Waals surface area contributed by atoms with E-state index in [1.807, 2.05) is 18.7 Å². The van der Waals surface area contributed by atoms with Crippen LogP contribution in [0.3, 0.4) is 0 Å². The molecular weight excluding hydrogens is 200 g/mol. The summed E-state index contributed by atoms with van der Waals surface area (Å²) in [5.41, 5.74) is 5.20. The van der Waals surface area contributed by atoms with Gasteiger partial charge in [-0.1, -0.05) is 26.7 Å². The van der Waals surface area contributed by atoms with Crippen LogP contribution < -0.4 is 11.3 Å². The van der Waals surface area contributed by atoms with E-state index in [4.69, 9.17) is 5.84 Å². The molecule has 16 heavy (non-hydrogen) atoms. The summed E-state index contributed by atoms with van der Waals surface area (Å²) in [5.74, 6) is 6.38. The van der Waals surface area contributed by atoms with Crippen molar-refractivity contribution in [3.8, 4) is 0 Å². The van der Waals surface area contributed by atoms with E-state index < -0.39 is 0 Å². The molecule has 1 aromatic heterocycles. The smallest absolute Gasteiger partial charge is 0.0641 e. The molecule has 1 unspecified atom stereocenters. The number of nitrogens with zero attached hydrogens (tertiary/aromatic N) is 2. The van der Waals surface area contributed by atoms with Gasteiger partial charge in [0.1, 0.15) is 0 Å². The van der Waals surface area contributed by atoms with Crippen LogP contribution >= 0.6 is 0 Å². The third-order valence-electron chi connectivity index (χ3n) is 3.35. The SMILES string of the molecule is CCC(CC)CC(NN)c1cn(C)nc1C. The van der Waals surface area contributed by atoms with E-state index in [1.54, 1.807) is 0 Å². The Balaban J connectivity index is 2.77. The number of nitrogens with two attached hydrogens (primary N) is 1. The summed E-state index contributed by atoms with van der Waals surface area (Å²) in [6.07, 6.45) is 5.54. The minimum Gasteiger partial charge on any atom is -0.275 e. The van der Waals surface area contributed by atoms with Crippen molar-refractivity contribution in [2.24, 2.45) is 18.8 Å². The second-order valence-electron chi connectivity index (χ2n) is 4.48. The molecule has 0 radical (unpaired) electrons. The van der Waals surface area contributed by atoms with Crippen molar-refractivity contribution in [2.45, 2.75) is 46.1 Å². The van der Waals surface area contributed by atoms with Crippen LogP contribution in [0.25, 0.3) is 0 Å². The predicted molar refractivity (Wildman–Crippen MR) is 66.7 cm³/mol. The first-order valence-corrected chi connectivity index (χ1v) is 6.08. The molecule has 4 heteroatoms. The first kappa shape index (κ1) is 13.2. The molecule has 0 aliphatic carbocycles. The molecule has 92 valence electrons. The Kier molecular flexibility index (Phi) is 4.96. The van der Waals surface area contributed by atoms with Crippen LogP contribution in [0.5, 0.6) is 0 Å². The maximum atomic E-state index is 5.65. The average Bonchev–Trinajstić information content (AvgIpc) is 2.60. The van der Waals surface area contributed by atoms with E-state index in [1.165, 1.54) is 18.4 Å². The molecule has 3 N–H and O–H groups in total.